The summed E-state index contributed by atoms with van der Waals surface area (Å²) in [5.41, 5.74) is 5.63. The predicted molar refractivity (Wildman–Crippen MR) is 83.0 cm³/mol. The number of guanidine groups is 1. The number of nitrogens with two attached hydrogens (primary N) is 1. The highest BCUT2D eigenvalue weighted by Crippen LogP contribution is 2.29. The van der Waals surface area contributed by atoms with Gasteiger partial charge in [-0.2, -0.15) is 13.2 Å². The zero-order chi connectivity index (χ0) is 14.0. The number of aliphatic imine (C=N–C) groups is 1. The standard InChI is InChI=1S/C13H16F3N3.HI/c1-19(11-5-6-11)12(17)18-8-9-3-2-4-10(7-9)13(14,15)16;/h2-4,7,11H,5-6,8H2,1H3,(H2,17,18);1H. The quantitative estimate of drug-likeness (QED) is 0.482. The molecule has 7 heteroatoms. The van der Waals surface area contributed by atoms with Gasteiger partial charge in [0.15, 0.2) is 5.96 Å². The highest BCUT2D eigenvalue weighted by molar-refractivity contribution is 14.0. The molecule has 1 aliphatic carbocycles. The van der Waals surface area contributed by atoms with Crippen molar-refractivity contribution < 1.29 is 13.2 Å². The van der Waals surface area contributed by atoms with Gasteiger partial charge >= 0.3 is 6.18 Å². The maximum atomic E-state index is 12.5. The lowest BCUT2D eigenvalue weighted by molar-refractivity contribution is -0.137. The van der Waals surface area contributed by atoms with Crippen LogP contribution in [0.1, 0.15) is 24.0 Å². The van der Waals surface area contributed by atoms with Gasteiger partial charge < -0.3 is 10.6 Å². The van der Waals surface area contributed by atoms with Crippen LogP contribution in [0.2, 0.25) is 0 Å². The Hall–Kier alpha value is -0.990. The van der Waals surface area contributed by atoms with Gasteiger partial charge in [0.05, 0.1) is 12.1 Å². The molecule has 0 saturated heterocycles. The lowest BCUT2D eigenvalue weighted by Crippen LogP contribution is -2.35. The van der Waals surface area contributed by atoms with Crippen molar-refractivity contribution in [3.63, 3.8) is 0 Å². The minimum atomic E-state index is -4.32. The summed E-state index contributed by atoms with van der Waals surface area (Å²) < 4.78 is 37.6. The third-order valence-corrected chi connectivity index (χ3v) is 3.13. The second-order valence-corrected chi connectivity index (χ2v) is 4.71. The first kappa shape index (κ1) is 17.1. The van der Waals surface area contributed by atoms with Crippen molar-refractivity contribution in [1.29, 1.82) is 0 Å². The molecule has 2 rings (SSSR count). The number of hydrogen-bond donors (Lipinski definition) is 1. The summed E-state index contributed by atoms with van der Waals surface area (Å²) in [6.07, 6.45) is -2.14. The summed E-state index contributed by atoms with van der Waals surface area (Å²) >= 11 is 0. The van der Waals surface area contributed by atoms with Gasteiger partial charge in [0, 0.05) is 13.1 Å². The Balaban J connectivity index is 0.00000200. The van der Waals surface area contributed by atoms with E-state index in [1.807, 2.05) is 11.9 Å². The molecule has 3 nitrogen and oxygen atoms in total. The van der Waals surface area contributed by atoms with Gasteiger partial charge in [0.2, 0.25) is 0 Å². The Kier molecular flexibility index (Phi) is 5.67. The van der Waals surface area contributed by atoms with Gasteiger partial charge in [0.1, 0.15) is 0 Å². The molecule has 0 heterocycles. The van der Waals surface area contributed by atoms with Crippen molar-refractivity contribution in [2.24, 2.45) is 10.7 Å². The highest BCUT2D eigenvalue weighted by Gasteiger charge is 2.30. The van der Waals surface area contributed by atoms with Gasteiger partial charge in [-0.25, -0.2) is 4.99 Å². The van der Waals surface area contributed by atoms with E-state index in [0.29, 0.717) is 17.6 Å². The summed E-state index contributed by atoms with van der Waals surface area (Å²) in [7, 11) is 1.85. The molecule has 1 saturated carbocycles. The van der Waals surface area contributed by atoms with Gasteiger partial charge in [-0.1, -0.05) is 12.1 Å². The molecule has 0 bridgehead atoms. The van der Waals surface area contributed by atoms with Crippen LogP contribution in [-0.4, -0.2) is 23.9 Å². The van der Waals surface area contributed by atoms with E-state index in [-0.39, 0.29) is 30.5 Å². The van der Waals surface area contributed by atoms with E-state index in [1.54, 1.807) is 6.07 Å². The lowest BCUT2D eigenvalue weighted by atomic mass is 10.1. The van der Waals surface area contributed by atoms with Crippen LogP contribution in [0.25, 0.3) is 0 Å². The zero-order valence-electron chi connectivity index (χ0n) is 11.0. The smallest absolute Gasteiger partial charge is 0.370 e. The first-order valence-electron chi connectivity index (χ1n) is 6.07. The monoisotopic (exact) mass is 399 g/mol. The maximum absolute atomic E-state index is 12.5. The Morgan fingerprint density at radius 2 is 2.05 bits per heavy atom. The molecule has 2 N–H and O–H groups in total. The Morgan fingerprint density at radius 3 is 2.60 bits per heavy atom. The number of nitrogens with zero attached hydrogens (tertiary/aromatic N) is 2. The van der Waals surface area contributed by atoms with Crippen molar-refractivity contribution in [2.45, 2.75) is 31.6 Å². The fourth-order valence-electron chi connectivity index (χ4n) is 1.78. The average molecular weight is 399 g/mol. The van der Waals surface area contributed by atoms with E-state index in [4.69, 9.17) is 5.73 Å². The molecule has 1 aromatic rings. The summed E-state index contributed by atoms with van der Waals surface area (Å²) in [6, 6.07) is 5.59. The lowest BCUT2D eigenvalue weighted by Gasteiger charge is -2.16. The van der Waals surface area contributed by atoms with E-state index >= 15 is 0 Å². The van der Waals surface area contributed by atoms with Gasteiger partial charge in [-0.05, 0) is 30.5 Å². The van der Waals surface area contributed by atoms with Gasteiger partial charge in [0.25, 0.3) is 0 Å². The third-order valence-electron chi connectivity index (χ3n) is 3.13. The molecular formula is C13H17F3IN3. The van der Waals surface area contributed by atoms with Crippen LogP contribution in [0.5, 0.6) is 0 Å². The molecule has 1 fully saturated rings. The van der Waals surface area contributed by atoms with Gasteiger partial charge in [-0.3, -0.25) is 0 Å². The van der Waals surface area contributed by atoms with Crippen LogP contribution in [-0.2, 0) is 12.7 Å². The Bertz CT molecular complexity index is 484. The van der Waals surface area contributed by atoms with Crippen LogP contribution < -0.4 is 5.73 Å². The molecule has 0 atom stereocenters. The summed E-state index contributed by atoms with van der Waals surface area (Å²) in [5.74, 6) is 0.375. The molecule has 0 amide bonds. The SMILES string of the molecule is CN(C(N)=NCc1cccc(C(F)(F)F)c1)C1CC1.I. The number of halogens is 4. The van der Waals surface area contributed by atoms with Crippen LogP contribution >= 0.6 is 24.0 Å². The van der Waals surface area contributed by atoms with E-state index < -0.39 is 11.7 Å². The van der Waals surface area contributed by atoms with E-state index in [1.165, 1.54) is 6.07 Å². The normalized spacial score (nSPS) is 15.7. The molecular weight excluding hydrogens is 382 g/mol. The first-order valence-corrected chi connectivity index (χ1v) is 6.07. The fourth-order valence-corrected chi connectivity index (χ4v) is 1.78. The molecule has 0 aliphatic heterocycles. The summed E-state index contributed by atoms with van der Waals surface area (Å²) in [6.45, 7) is 0.160. The topological polar surface area (TPSA) is 41.6 Å². The maximum Gasteiger partial charge on any atom is 0.416 e. The summed E-state index contributed by atoms with van der Waals surface area (Å²) in [4.78, 5) is 6.00. The number of benzene rings is 1. The highest BCUT2D eigenvalue weighted by atomic mass is 127. The number of alkyl halides is 3. The van der Waals surface area contributed by atoms with Crippen LogP contribution in [0, 0.1) is 0 Å². The largest absolute Gasteiger partial charge is 0.416 e. The minimum Gasteiger partial charge on any atom is -0.370 e. The van der Waals surface area contributed by atoms with Crippen LogP contribution in [0.15, 0.2) is 29.3 Å². The molecule has 0 aromatic heterocycles. The minimum absolute atomic E-state index is 0. The molecule has 20 heavy (non-hydrogen) atoms. The van der Waals surface area contributed by atoms with Crippen LogP contribution in [0.3, 0.4) is 0 Å². The van der Waals surface area contributed by atoms with Crippen molar-refractivity contribution in [3.8, 4) is 0 Å². The number of hydrogen-bond acceptors (Lipinski definition) is 1. The van der Waals surface area contributed by atoms with Crippen molar-refractivity contribution >= 4 is 29.9 Å². The van der Waals surface area contributed by atoms with Gasteiger partial charge in [-0.15, -0.1) is 24.0 Å². The molecule has 0 unspecified atom stereocenters. The van der Waals surface area contributed by atoms with Crippen LogP contribution in [0.4, 0.5) is 13.2 Å². The second-order valence-electron chi connectivity index (χ2n) is 4.71. The molecule has 112 valence electrons. The number of rotatable bonds is 3. The third kappa shape index (κ3) is 4.53. The Labute approximate surface area is 133 Å². The molecule has 1 aromatic carbocycles. The first-order chi connectivity index (χ1) is 8.88. The average Bonchev–Trinajstić information content (AvgIpc) is 3.18. The summed E-state index contributed by atoms with van der Waals surface area (Å²) in [5, 5.41) is 0. The second kappa shape index (κ2) is 6.64. The molecule has 1 aliphatic rings. The zero-order valence-corrected chi connectivity index (χ0v) is 13.4. The predicted octanol–water partition coefficient (Wildman–Crippen LogP) is 3.23. The molecule has 0 radical (unpaired) electrons. The Morgan fingerprint density at radius 1 is 1.40 bits per heavy atom. The van der Waals surface area contributed by atoms with E-state index in [0.717, 1.165) is 25.0 Å². The van der Waals surface area contributed by atoms with E-state index in [9.17, 15) is 13.2 Å². The fraction of sp³-hybridized carbons (Fsp3) is 0.462. The van der Waals surface area contributed by atoms with Crippen molar-refractivity contribution in [1.82, 2.24) is 4.90 Å². The molecule has 0 spiro atoms. The van der Waals surface area contributed by atoms with Crippen molar-refractivity contribution in [3.05, 3.63) is 35.4 Å². The van der Waals surface area contributed by atoms with Crippen molar-refractivity contribution in [2.75, 3.05) is 7.05 Å². The van der Waals surface area contributed by atoms with E-state index in [2.05, 4.69) is 4.99 Å².